The van der Waals surface area contributed by atoms with Gasteiger partial charge in [-0.25, -0.2) is 0 Å². The zero-order valence-electron chi connectivity index (χ0n) is 9.82. The van der Waals surface area contributed by atoms with Gasteiger partial charge in [0.1, 0.15) is 0 Å². The molecule has 1 aromatic carbocycles. The van der Waals surface area contributed by atoms with Gasteiger partial charge in [-0.15, -0.1) is 0 Å². The molecule has 0 saturated heterocycles. The SMILES string of the molecule is N#CC1(C=Cc2ccccc2Br)CCCCC1. The van der Waals surface area contributed by atoms with Gasteiger partial charge in [0.2, 0.25) is 0 Å². The van der Waals surface area contributed by atoms with E-state index in [2.05, 4.69) is 40.2 Å². The third-order valence-electron chi connectivity index (χ3n) is 3.46. The lowest BCUT2D eigenvalue weighted by molar-refractivity contribution is 0.337. The minimum absolute atomic E-state index is 0.229. The summed E-state index contributed by atoms with van der Waals surface area (Å²) in [6.45, 7) is 0. The summed E-state index contributed by atoms with van der Waals surface area (Å²) in [6, 6.07) is 10.6. The topological polar surface area (TPSA) is 23.8 Å². The molecule has 1 fully saturated rings. The van der Waals surface area contributed by atoms with Crippen LogP contribution in [-0.2, 0) is 0 Å². The van der Waals surface area contributed by atoms with Crippen molar-refractivity contribution in [1.29, 1.82) is 5.26 Å². The average molecular weight is 290 g/mol. The maximum absolute atomic E-state index is 9.38. The van der Waals surface area contributed by atoms with Gasteiger partial charge in [-0.1, -0.05) is 65.5 Å². The number of allylic oxidation sites excluding steroid dienone is 1. The molecule has 2 rings (SSSR count). The van der Waals surface area contributed by atoms with Crippen molar-refractivity contribution in [3.8, 4) is 6.07 Å². The molecule has 1 aromatic rings. The summed E-state index contributed by atoms with van der Waals surface area (Å²) in [5, 5.41) is 9.38. The third kappa shape index (κ3) is 2.98. The molecule has 88 valence electrons. The van der Waals surface area contributed by atoms with Crippen molar-refractivity contribution in [1.82, 2.24) is 0 Å². The van der Waals surface area contributed by atoms with Crippen molar-refractivity contribution in [2.45, 2.75) is 32.1 Å². The second kappa shape index (κ2) is 5.51. The van der Waals surface area contributed by atoms with E-state index in [9.17, 15) is 5.26 Å². The van der Waals surface area contributed by atoms with E-state index in [1.807, 2.05) is 18.2 Å². The lowest BCUT2D eigenvalue weighted by Gasteiger charge is -2.27. The maximum Gasteiger partial charge on any atom is 0.0756 e. The molecule has 1 aliphatic rings. The minimum atomic E-state index is -0.229. The Morgan fingerprint density at radius 1 is 1.18 bits per heavy atom. The number of nitriles is 1. The van der Waals surface area contributed by atoms with E-state index in [-0.39, 0.29) is 5.41 Å². The zero-order chi connectivity index (χ0) is 12.1. The van der Waals surface area contributed by atoms with E-state index >= 15 is 0 Å². The fourth-order valence-electron chi connectivity index (χ4n) is 2.36. The first kappa shape index (κ1) is 12.4. The van der Waals surface area contributed by atoms with Crippen molar-refractivity contribution in [2.24, 2.45) is 5.41 Å². The molecule has 0 aromatic heterocycles. The van der Waals surface area contributed by atoms with Gasteiger partial charge in [0.15, 0.2) is 0 Å². The quantitative estimate of drug-likeness (QED) is 0.757. The number of hydrogen-bond acceptors (Lipinski definition) is 1. The Morgan fingerprint density at radius 2 is 1.88 bits per heavy atom. The summed E-state index contributed by atoms with van der Waals surface area (Å²) in [4.78, 5) is 0. The van der Waals surface area contributed by atoms with Gasteiger partial charge in [0, 0.05) is 4.47 Å². The molecule has 0 aliphatic heterocycles. The number of rotatable bonds is 2. The second-order valence-electron chi connectivity index (χ2n) is 4.68. The Bertz CT molecular complexity index is 450. The van der Waals surface area contributed by atoms with E-state index in [4.69, 9.17) is 0 Å². The highest BCUT2D eigenvalue weighted by molar-refractivity contribution is 9.10. The molecule has 0 N–H and O–H groups in total. The first-order valence-electron chi connectivity index (χ1n) is 6.11. The van der Waals surface area contributed by atoms with Gasteiger partial charge in [0.25, 0.3) is 0 Å². The van der Waals surface area contributed by atoms with Crippen molar-refractivity contribution >= 4 is 22.0 Å². The van der Waals surface area contributed by atoms with Crippen molar-refractivity contribution < 1.29 is 0 Å². The Kier molecular flexibility index (Phi) is 4.02. The number of hydrogen-bond donors (Lipinski definition) is 0. The summed E-state index contributed by atoms with van der Waals surface area (Å²) in [7, 11) is 0. The first-order chi connectivity index (χ1) is 8.26. The van der Waals surface area contributed by atoms with E-state index in [1.165, 1.54) is 19.3 Å². The normalized spacial score (nSPS) is 19.1. The predicted molar refractivity (Wildman–Crippen MR) is 74.3 cm³/mol. The summed E-state index contributed by atoms with van der Waals surface area (Å²) < 4.78 is 1.08. The van der Waals surface area contributed by atoms with E-state index < -0.39 is 0 Å². The Hall–Kier alpha value is -1.07. The van der Waals surface area contributed by atoms with Crippen LogP contribution in [0.2, 0.25) is 0 Å². The molecule has 0 heterocycles. The van der Waals surface area contributed by atoms with Crippen LogP contribution in [0.4, 0.5) is 0 Å². The summed E-state index contributed by atoms with van der Waals surface area (Å²) in [5.74, 6) is 0. The van der Waals surface area contributed by atoms with Crippen molar-refractivity contribution in [3.63, 3.8) is 0 Å². The Balaban J connectivity index is 2.19. The van der Waals surface area contributed by atoms with E-state index in [0.717, 1.165) is 22.9 Å². The summed E-state index contributed by atoms with van der Waals surface area (Å²) in [5.41, 5.74) is 0.917. The summed E-state index contributed by atoms with van der Waals surface area (Å²) >= 11 is 3.53. The molecule has 1 nitrogen and oxygen atoms in total. The molecule has 2 heteroatoms. The molecule has 0 atom stereocenters. The average Bonchev–Trinajstić information content (AvgIpc) is 2.39. The predicted octanol–water partition coefficient (Wildman–Crippen LogP) is 4.94. The monoisotopic (exact) mass is 289 g/mol. The molecule has 1 aliphatic carbocycles. The van der Waals surface area contributed by atoms with Crippen LogP contribution in [0.1, 0.15) is 37.7 Å². The second-order valence-corrected chi connectivity index (χ2v) is 5.54. The summed E-state index contributed by atoms with van der Waals surface area (Å²) in [6.07, 6.45) is 9.81. The van der Waals surface area contributed by atoms with Crippen molar-refractivity contribution in [3.05, 3.63) is 40.4 Å². The van der Waals surface area contributed by atoms with Crippen LogP contribution in [0.5, 0.6) is 0 Å². The van der Waals surface area contributed by atoms with Gasteiger partial charge in [-0.05, 0) is 24.5 Å². The molecular formula is C15H16BrN. The molecule has 0 radical (unpaired) electrons. The highest BCUT2D eigenvalue weighted by Crippen LogP contribution is 2.37. The van der Waals surface area contributed by atoms with E-state index in [0.29, 0.717) is 0 Å². The molecular weight excluding hydrogens is 274 g/mol. The van der Waals surface area contributed by atoms with Crippen molar-refractivity contribution in [2.75, 3.05) is 0 Å². The van der Waals surface area contributed by atoms with Gasteiger partial charge in [-0.3, -0.25) is 0 Å². The smallest absolute Gasteiger partial charge is 0.0756 e. The largest absolute Gasteiger partial charge is 0.197 e. The van der Waals surface area contributed by atoms with Crippen LogP contribution in [0, 0.1) is 16.7 Å². The molecule has 0 bridgehead atoms. The van der Waals surface area contributed by atoms with Crippen LogP contribution in [-0.4, -0.2) is 0 Å². The zero-order valence-corrected chi connectivity index (χ0v) is 11.4. The van der Waals surface area contributed by atoms with Crippen LogP contribution in [0.25, 0.3) is 6.08 Å². The molecule has 0 amide bonds. The molecule has 17 heavy (non-hydrogen) atoms. The fourth-order valence-corrected chi connectivity index (χ4v) is 2.77. The highest BCUT2D eigenvalue weighted by atomic mass is 79.9. The molecule has 1 saturated carbocycles. The standard InChI is InChI=1S/C15H16BrN/c16-14-7-3-2-6-13(14)8-11-15(12-17)9-4-1-5-10-15/h2-3,6-8,11H,1,4-5,9-10H2. The lowest BCUT2D eigenvalue weighted by Crippen LogP contribution is -2.18. The van der Waals surface area contributed by atoms with Gasteiger partial charge in [0.05, 0.1) is 11.5 Å². The van der Waals surface area contributed by atoms with Gasteiger partial charge < -0.3 is 0 Å². The third-order valence-corrected chi connectivity index (χ3v) is 4.18. The fraction of sp³-hybridized carbons (Fsp3) is 0.400. The molecule has 0 spiro atoms. The number of benzene rings is 1. The Labute approximate surface area is 111 Å². The van der Waals surface area contributed by atoms with Gasteiger partial charge >= 0.3 is 0 Å². The van der Waals surface area contributed by atoms with Crippen LogP contribution < -0.4 is 0 Å². The van der Waals surface area contributed by atoms with Crippen LogP contribution in [0.3, 0.4) is 0 Å². The number of nitrogens with zero attached hydrogens (tertiary/aromatic N) is 1. The van der Waals surface area contributed by atoms with E-state index in [1.54, 1.807) is 0 Å². The Morgan fingerprint density at radius 3 is 2.53 bits per heavy atom. The van der Waals surface area contributed by atoms with Gasteiger partial charge in [-0.2, -0.15) is 5.26 Å². The minimum Gasteiger partial charge on any atom is -0.197 e. The highest BCUT2D eigenvalue weighted by Gasteiger charge is 2.28. The molecule has 0 unspecified atom stereocenters. The number of halogens is 1. The lowest BCUT2D eigenvalue weighted by atomic mass is 9.75. The van der Waals surface area contributed by atoms with Crippen LogP contribution >= 0.6 is 15.9 Å². The first-order valence-corrected chi connectivity index (χ1v) is 6.90. The van der Waals surface area contributed by atoms with Crippen LogP contribution in [0.15, 0.2) is 34.8 Å². The maximum atomic E-state index is 9.38.